The minimum absolute atomic E-state index is 0.195. The first-order chi connectivity index (χ1) is 13.5. The molecule has 1 unspecified atom stereocenters. The molecular formula is C20H26N4O4. The lowest BCUT2D eigenvalue weighted by Crippen LogP contribution is -2.49. The van der Waals surface area contributed by atoms with Crippen molar-refractivity contribution in [3.8, 4) is 11.5 Å². The molecule has 1 fully saturated rings. The van der Waals surface area contributed by atoms with E-state index in [2.05, 4.69) is 15.1 Å². The Balaban J connectivity index is 1.39. The lowest BCUT2D eigenvalue weighted by molar-refractivity contribution is 0.0663. The second kappa shape index (κ2) is 9.29. The Morgan fingerprint density at radius 2 is 1.71 bits per heavy atom. The molecule has 150 valence electrons. The average Bonchev–Trinajstić information content (AvgIpc) is 2.68. The molecule has 0 aliphatic carbocycles. The molecule has 0 bridgehead atoms. The number of nitrogens with one attached hydrogen (secondary N) is 1. The number of β-amino-alcohol motifs (C(OH)–C–C–N with tert-alkyl or cyclic N) is 1. The van der Waals surface area contributed by atoms with Crippen molar-refractivity contribution < 1.29 is 19.7 Å². The monoisotopic (exact) mass is 386 g/mol. The number of aliphatic hydroxyl groups is 1. The van der Waals surface area contributed by atoms with Crippen molar-refractivity contribution in [3.63, 3.8) is 0 Å². The van der Waals surface area contributed by atoms with Gasteiger partial charge in [0.1, 0.15) is 24.2 Å². The van der Waals surface area contributed by atoms with Gasteiger partial charge >= 0.3 is 6.03 Å². The number of hydrogen-bond donors (Lipinski definition) is 4. The number of primary amides is 1. The zero-order valence-electron chi connectivity index (χ0n) is 15.6. The summed E-state index contributed by atoms with van der Waals surface area (Å²) in [6, 6.07) is 13.4. The van der Waals surface area contributed by atoms with E-state index in [0.717, 1.165) is 31.9 Å². The fourth-order valence-electron chi connectivity index (χ4n) is 3.17. The zero-order valence-corrected chi connectivity index (χ0v) is 15.6. The maximum Gasteiger partial charge on any atom is 0.316 e. The number of benzene rings is 2. The molecule has 2 aromatic rings. The van der Waals surface area contributed by atoms with Crippen molar-refractivity contribution in [1.29, 1.82) is 0 Å². The minimum atomic E-state index is -0.616. The van der Waals surface area contributed by atoms with Gasteiger partial charge in [-0.05, 0) is 48.5 Å². The highest BCUT2D eigenvalue weighted by atomic mass is 16.5. The molecule has 0 spiro atoms. The van der Waals surface area contributed by atoms with Gasteiger partial charge < -0.3 is 30.9 Å². The van der Waals surface area contributed by atoms with E-state index in [1.165, 1.54) is 0 Å². The summed E-state index contributed by atoms with van der Waals surface area (Å²) in [5.41, 5.74) is 6.75. The fourth-order valence-corrected chi connectivity index (χ4v) is 3.17. The largest absolute Gasteiger partial charge is 0.508 e. The Morgan fingerprint density at radius 3 is 2.32 bits per heavy atom. The fraction of sp³-hybridized carbons (Fsp3) is 0.350. The molecule has 5 N–H and O–H groups in total. The van der Waals surface area contributed by atoms with Crippen LogP contribution in [0.3, 0.4) is 0 Å². The molecule has 8 nitrogen and oxygen atoms in total. The first-order valence-electron chi connectivity index (χ1n) is 9.23. The average molecular weight is 386 g/mol. The van der Waals surface area contributed by atoms with Crippen LogP contribution in [0.2, 0.25) is 0 Å². The molecule has 2 aromatic carbocycles. The standard InChI is InChI=1S/C20H26N4O4/c21-20(27)22-15-1-7-19(8-2-15)28-14-18(26)13-23-9-11-24(12-10-23)16-3-5-17(25)6-4-16/h1-8,18,25-26H,9-14H2,(H3,21,22,27). The molecule has 0 radical (unpaired) electrons. The molecule has 8 heteroatoms. The molecular weight excluding hydrogens is 360 g/mol. The molecule has 1 atom stereocenters. The third-order valence-electron chi connectivity index (χ3n) is 4.62. The van der Waals surface area contributed by atoms with E-state index in [1.807, 2.05) is 12.1 Å². The van der Waals surface area contributed by atoms with Crippen molar-refractivity contribution in [3.05, 3.63) is 48.5 Å². The number of anilines is 2. The molecule has 3 rings (SSSR count). The number of rotatable bonds is 7. The summed E-state index contributed by atoms with van der Waals surface area (Å²) in [6.07, 6.45) is -0.594. The third-order valence-corrected chi connectivity index (χ3v) is 4.62. The van der Waals surface area contributed by atoms with Gasteiger partial charge in [-0.2, -0.15) is 0 Å². The number of carbonyl (C=O) groups is 1. The Hall–Kier alpha value is -2.97. The van der Waals surface area contributed by atoms with Gasteiger partial charge in [0.05, 0.1) is 0 Å². The van der Waals surface area contributed by atoms with Gasteiger partial charge in [-0.15, -0.1) is 0 Å². The lowest BCUT2D eigenvalue weighted by atomic mass is 10.2. The van der Waals surface area contributed by atoms with Gasteiger partial charge in [-0.3, -0.25) is 4.90 Å². The van der Waals surface area contributed by atoms with Crippen LogP contribution in [0.1, 0.15) is 0 Å². The molecule has 1 aliphatic heterocycles. The van der Waals surface area contributed by atoms with E-state index in [1.54, 1.807) is 36.4 Å². The number of aromatic hydroxyl groups is 1. The lowest BCUT2D eigenvalue weighted by Gasteiger charge is -2.36. The topological polar surface area (TPSA) is 111 Å². The van der Waals surface area contributed by atoms with Gasteiger partial charge in [-0.25, -0.2) is 4.79 Å². The number of amides is 2. The van der Waals surface area contributed by atoms with E-state index in [9.17, 15) is 15.0 Å². The van der Waals surface area contributed by atoms with Crippen molar-refractivity contribution in [2.24, 2.45) is 5.73 Å². The molecule has 1 aliphatic rings. The summed E-state index contributed by atoms with van der Waals surface area (Å²) in [7, 11) is 0. The van der Waals surface area contributed by atoms with Crippen LogP contribution < -0.4 is 20.7 Å². The predicted molar refractivity (Wildman–Crippen MR) is 108 cm³/mol. The molecule has 1 heterocycles. The third kappa shape index (κ3) is 5.77. The van der Waals surface area contributed by atoms with Crippen LogP contribution in [0, 0.1) is 0 Å². The van der Waals surface area contributed by atoms with Gasteiger partial charge in [-0.1, -0.05) is 0 Å². The van der Waals surface area contributed by atoms with Crippen LogP contribution in [-0.2, 0) is 0 Å². The Kier molecular flexibility index (Phi) is 6.57. The summed E-state index contributed by atoms with van der Waals surface area (Å²) < 4.78 is 5.62. The summed E-state index contributed by atoms with van der Waals surface area (Å²) in [5, 5.41) is 22.1. The second-order valence-electron chi connectivity index (χ2n) is 6.78. The van der Waals surface area contributed by atoms with E-state index >= 15 is 0 Å². The van der Waals surface area contributed by atoms with E-state index in [0.29, 0.717) is 18.0 Å². The summed E-state index contributed by atoms with van der Waals surface area (Å²) in [6.45, 7) is 4.18. The number of aliphatic hydroxyl groups excluding tert-OH is 1. The molecule has 0 aromatic heterocycles. The molecule has 2 amide bonds. The van der Waals surface area contributed by atoms with Gasteiger partial charge in [0.25, 0.3) is 0 Å². The second-order valence-corrected chi connectivity index (χ2v) is 6.78. The number of phenolic OH excluding ortho intramolecular Hbond substituents is 1. The van der Waals surface area contributed by atoms with Gasteiger partial charge in [0.2, 0.25) is 0 Å². The van der Waals surface area contributed by atoms with Gasteiger partial charge in [0.15, 0.2) is 0 Å². The normalized spacial score (nSPS) is 15.8. The van der Waals surface area contributed by atoms with Crippen LogP contribution in [0.4, 0.5) is 16.2 Å². The number of phenols is 1. The molecule has 0 saturated carbocycles. The number of piperazine rings is 1. The first kappa shape index (κ1) is 19.8. The number of hydrogen-bond acceptors (Lipinski definition) is 6. The first-order valence-corrected chi connectivity index (χ1v) is 9.23. The van der Waals surface area contributed by atoms with Crippen LogP contribution in [0.5, 0.6) is 11.5 Å². The number of carbonyl (C=O) groups excluding carboxylic acids is 1. The smallest absolute Gasteiger partial charge is 0.316 e. The molecule has 1 saturated heterocycles. The van der Waals surface area contributed by atoms with E-state index in [4.69, 9.17) is 10.5 Å². The Bertz CT molecular complexity index is 759. The van der Waals surface area contributed by atoms with Crippen LogP contribution in [-0.4, -0.2) is 66.6 Å². The number of nitrogens with two attached hydrogens (primary N) is 1. The number of ether oxygens (including phenoxy) is 1. The minimum Gasteiger partial charge on any atom is -0.508 e. The number of urea groups is 1. The highest BCUT2D eigenvalue weighted by Gasteiger charge is 2.19. The van der Waals surface area contributed by atoms with Crippen LogP contribution >= 0.6 is 0 Å². The van der Waals surface area contributed by atoms with Crippen LogP contribution in [0.25, 0.3) is 0 Å². The molecule has 28 heavy (non-hydrogen) atoms. The summed E-state index contributed by atoms with van der Waals surface area (Å²) in [4.78, 5) is 15.3. The highest BCUT2D eigenvalue weighted by molar-refractivity contribution is 5.87. The maximum absolute atomic E-state index is 10.8. The maximum atomic E-state index is 10.8. The zero-order chi connectivity index (χ0) is 19.9. The van der Waals surface area contributed by atoms with E-state index < -0.39 is 12.1 Å². The predicted octanol–water partition coefficient (Wildman–Crippen LogP) is 1.44. The van der Waals surface area contributed by atoms with Gasteiger partial charge in [0, 0.05) is 44.1 Å². The number of nitrogens with zero attached hydrogens (tertiary/aromatic N) is 2. The van der Waals surface area contributed by atoms with Crippen molar-refractivity contribution >= 4 is 17.4 Å². The summed E-state index contributed by atoms with van der Waals surface area (Å²) in [5.74, 6) is 0.885. The van der Waals surface area contributed by atoms with Crippen molar-refractivity contribution in [2.45, 2.75) is 6.10 Å². The summed E-state index contributed by atoms with van der Waals surface area (Å²) >= 11 is 0. The van der Waals surface area contributed by atoms with E-state index in [-0.39, 0.29) is 12.4 Å². The van der Waals surface area contributed by atoms with Crippen molar-refractivity contribution in [1.82, 2.24) is 4.90 Å². The SMILES string of the molecule is NC(=O)Nc1ccc(OCC(O)CN2CCN(c3ccc(O)cc3)CC2)cc1. The van der Waals surface area contributed by atoms with Crippen molar-refractivity contribution in [2.75, 3.05) is 49.5 Å². The highest BCUT2D eigenvalue weighted by Crippen LogP contribution is 2.20. The Labute approximate surface area is 164 Å². The quantitative estimate of drug-likeness (QED) is 0.573. The van der Waals surface area contributed by atoms with Crippen LogP contribution in [0.15, 0.2) is 48.5 Å². The Morgan fingerprint density at radius 1 is 1.07 bits per heavy atom.